The first-order valence-corrected chi connectivity index (χ1v) is 8.46. The SMILES string of the molecule is COC[C@@H](C)NC(=O)[C@@H](C)N(c1ccccc1)S(C)(=O)=O. The largest absolute Gasteiger partial charge is 0.383 e. The molecule has 0 radical (unpaired) electrons. The van der Waals surface area contributed by atoms with Gasteiger partial charge in [0.2, 0.25) is 15.9 Å². The molecule has 1 aromatic rings. The maximum absolute atomic E-state index is 12.2. The number of sulfonamides is 1. The highest BCUT2D eigenvalue weighted by Crippen LogP contribution is 2.20. The first-order valence-electron chi connectivity index (χ1n) is 6.61. The molecule has 1 amide bonds. The van der Waals surface area contributed by atoms with Crippen LogP contribution in [-0.2, 0) is 19.6 Å². The van der Waals surface area contributed by atoms with Gasteiger partial charge in [-0.15, -0.1) is 0 Å². The van der Waals surface area contributed by atoms with E-state index in [1.165, 1.54) is 0 Å². The number of methoxy groups -OCH3 is 1. The van der Waals surface area contributed by atoms with Crippen LogP contribution in [0.15, 0.2) is 30.3 Å². The van der Waals surface area contributed by atoms with Crippen LogP contribution in [0.4, 0.5) is 5.69 Å². The number of hydrogen-bond acceptors (Lipinski definition) is 4. The lowest BCUT2D eigenvalue weighted by atomic mass is 10.2. The average molecular weight is 314 g/mol. The second-order valence-electron chi connectivity index (χ2n) is 4.94. The van der Waals surface area contributed by atoms with Gasteiger partial charge in [0.05, 0.1) is 18.6 Å². The molecule has 6 nitrogen and oxygen atoms in total. The van der Waals surface area contributed by atoms with Gasteiger partial charge in [0, 0.05) is 13.2 Å². The molecule has 0 fully saturated rings. The topological polar surface area (TPSA) is 75.7 Å². The van der Waals surface area contributed by atoms with Gasteiger partial charge in [-0.05, 0) is 26.0 Å². The van der Waals surface area contributed by atoms with Crippen LogP contribution in [0.1, 0.15) is 13.8 Å². The van der Waals surface area contributed by atoms with Crippen LogP contribution >= 0.6 is 0 Å². The average Bonchev–Trinajstić information content (AvgIpc) is 2.38. The number of amides is 1. The first-order chi connectivity index (χ1) is 9.77. The summed E-state index contributed by atoms with van der Waals surface area (Å²) in [6, 6.07) is 7.52. The lowest BCUT2D eigenvalue weighted by molar-refractivity contribution is -0.122. The fourth-order valence-electron chi connectivity index (χ4n) is 2.04. The predicted octanol–water partition coefficient (Wildman–Crippen LogP) is 0.992. The van der Waals surface area contributed by atoms with Crippen LogP contribution in [0.5, 0.6) is 0 Å². The number of nitrogens with one attached hydrogen (secondary N) is 1. The molecule has 0 aliphatic carbocycles. The molecular weight excluding hydrogens is 292 g/mol. The van der Waals surface area contributed by atoms with Crippen molar-refractivity contribution in [3.8, 4) is 0 Å². The zero-order chi connectivity index (χ0) is 16.0. The molecule has 0 aliphatic heterocycles. The number of carbonyl (C=O) groups excluding carboxylic acids is 1. The van der Waals surface area contributed by atoms with Crippen LogP contribution in [0.3, 0.4) is 0 Å². The standard InChI is InChI=1S/C14H22N2O4S/c1-11(10-20-3)15-14(17)12(2)16(21(4,18)19)13-8-6-5-7-9-13/h5-9,11-12H,10H2,1-4H3,(H,15,17)/t11-,12-/m1/s1. The van der Waals surface area contributed by atoms with E-state index in [1.54, 1.807) is 51.3 Å². The fourth-order valence-corrected chi connectivity index (χ4v) is 3.21. The molecule has 7 heteroatoms. The van der Waals surface area contributed by atoms with Gasteiger partial charge in [0.25, 0.3) is 0 Å². The lowest BCUT2D eigenvalue weighted by Gasteiger charge is -2.29. The zero-order valence-electron chi connectivity index (χ0n) is 12.7. The number of nitrogens with zero attached hydrogens (tertiary/aromatic N) is 1. The van der Waals surface area contributed by atoms with E-state index in [-0.39, 0.29) is 11.9 Å². The van der Waals surface area contributed by atoms with Crippen molar-refractivity contribution in [2.45, 2.75) is 25.9 Å². The molecule has 0 unspecified atom stereocenters. The highest BCUT2D eigenvalue weighted by atomic mass is 32.2. The van der Waals surface area contributed by atoms with Crippen LogP contribution in [-0.4, -0.2) is 46.4 Å². The van der Waals surface area contributed by atoms with Gasteiger partial charge < -0.3 is 10.1 Å². The molecule has 0 saturated carbocycles. The second-order valence-corrected chi connectivity index (χ2v) is 6.79. The number of para-hydroxylation sites is 1. The number of ether oxygens (including phenoxy) is 1. The van der Waals surface area contributed by atoms with Gasteiger partial charge in [0.1, 0.15) is 6.04 Å². The molecule has 0 bridgehead atoms. The number of anilines is 1. The Hall–Kier alpha value is -1.60. The molecule has 0 saturated heterocycles. The molecule has 0 heterocycles. The quantitative estimate of drug-likeness (QED) is 0.814. The first kappa shape index (κ1) is 17.5. The Morgan fingerprint density at radius 2 is 1.86 bits per heavy atom. The van der Waals surface area contributed by atoms with E-state index in [0.29, 0.717) is 12.3 Å². The Morgan fingerprint density at radius 1 is 1.29 bits per heavy atom. The van der Waals surface area contributed by atoms with Crippen molar-refractivity contribution >= 4 is 21.6 Å². The molecule has 2 atom stereocenters. The van der Waals surface area contributed by atoms with Gasteiger partial charge in [-0.2, -0.15) is 0 Å². The van der Waals surface area contributed by atoms with E-state index in [4.69, 9.17) is 4.74 Å². The summed E-state index contributed by atoms with van der Waals surface area (Å²) in [7, 11) is -2.03. The molecule has 1 rings (SSSR count). The molecule has 0 aliphatic rings. The van der Waals surface area contributed by atoms with Crippen LogP contribution < -0.4 is 9.62 Å². The van der Waals surface area contributed by atoms with E-state index in [2.05, 4.69) is 5.32 Å². The maximum atomic E-state index is 12.2. The summed E-state index contributed by atoms with van der Waals surface area (Å²) in [4.78, 5) is 12.2. The summed E-state index contributed by atoms with van der Waals surface area (Å²) >= 11 is 0. The minimum absolute atomic E-state index is 0.192. The Labute approximate surface area is 126 Å². The highest BCUT2D eigenvalue weighted by Gasteiger charge is 2.29. The van der Waals surface area contributed by atoms with Crippen LogP contribution in [0.2, 0.25) is 0 Å². The normalized spacial score (nSPS) is 14.3. The molecule has 0 spiro atoms. The Morgan fingerprint density at radius 3 is 2.33 bits per heavy atom. The van der Waals surface area contributed by atoms with Crippen molar-refractivity contribution in [3.05, 3.63) is 30.3 Å². The number of rotatable bonds is 7. The summed E-state index contributed by atoms with van der Waals surface area (Å²) in [5.41, 5.74) is 0.460. The van der Waals surface area contributed by atoms with Crippen molar-refractivity contribution in [1.29, 1.82) is 0 Å². The van der Waals surface area contributed by atoms with Crippen molar-refractivity contribution in [1.82, 2.24) is 5.32 Å². The van der Waals surface area contributed by atoms with E-state index in [9.17, 15) is 13.2 Å². The third-order valence-corrected chi connectivity index (χ3v) is 4.15. The van der Waals surface area contributed by atoms with Crippen molar-refractivity contribution in [2.24, 2.45) is 0 Å². The van der Waals surface area contributed by atoms with E-state index in [0.717, 1.165) is 10.6 Å². The Kier molecular flexibility index (Phi) is 6.17. The van der Waals surface area contributed by atoms with Gasteiger partial charge in [-0.3, -0.25) is 9.10 Å². The smallest absolute Gasteiger partial charge is 0.243 e. The second kappa shape index (κ2) is 7.42. The summed E-state index contributed by atoms with van der Waals surface area (Å²) < 4.78 is 30.1. The van der Waals surface area contributed by atoms with Crippen molar-refractivity contribution in [2.75, 3.05) is 24.3 Å². The third-order valence-electron chi connectivity index (χ3n) is 2.90. The number of benzene rings is 1. The molecule has 21 heavy (non-hydrogen) atoms. The zero-order valence-corrected chi connectivity index (χ0v) is 13.6. The fraction of sp³-hybridized carbons (Fsp3) is 0.500. The molecule has 1 N–H and O–H groups in total. The highest BCUT2D eigenvalue weighted by molar-refractivity contribution is 7.92. The third kappa shape index (κ3) is 5.02. The van der Waals surface area contributed by atoms with E-state index in [1.807, 2.05) is 0 Å². The monoisotopic (exact) mass is 314 g/mol. The van der Waals surface area contributed by atoms with Crippen molar-refractivity contribution < 1.29 is 17.9 Å². The maximum Gasteiger partial charge on any atom is 0.243 e. The molecule has 1 aromatic carbocycles. The van der Waals surface area contributed by atoms with Crippen LogP contribution in [0.25, 0.3) is 0 Å². The minimum Gasteiger partial charge on any atom is -0.383 e. The van der Waals surface area contributed by atoms with Crippen molar-refractivity contribution in [3.63, 3.8) is 0 Å². The Balaban J connectivity index is 2.97. The molecular formula is C14H22N2O4S. The van der Waals surface area contributed by atoms with E-state index >= 15 is 0 Å². The minimum atomic E-state index is -3.57. The van der Waals surface area contributed by atoms with E-state index < -0.39 is 16.1 Å². The summed E-state index contributed by atoms with van der Waals surface area (Å²) in [6.45, 7) is 3.72. The lowest BCUT2D eigenvalue weighted by Crippen LogP contribution is -2.50. The van der Waals surface area contributed by atoms with Gasteiger partial charge in [-0.25, -0.2) is 8.42 Å². The summed E-state index contributed by atoms with van der Waals surface area (Å²) in [6.07, 6.45) is 1.09. The Bertz CT molecular complexity index is 560. The molecule has 0 aromatic heterocycles. The number of hydrogen-bond donors (Lipinski definition) is 1. The molecule has 118 valence electrons. The predicted molar refractivity (Wildman–Crippen MR) is 82.7 cm³/mol. The van der Waals surface area contributed by atoms with Crippen LogP contribution in [0, 0.1) is 0 Å². The van der Waals surface area contributed by atoms with Gasteiger partial charge in [-0.1, -0.05) is 18.2 Å². The summed E-state index contributed by atoms with van der Waals surface area (Å²) in [5.74, 6) is -0.367. The van der Waals surface area contributed by atoms with Gasteiger partial charge >= 0.3 is 0 Å². The van der Waals surface area contributed by atoms with Gasteiger partial charge in [0.15, 0.2) is 0 Å². The number of carbonyl (C=O) groups is 1. The summed E-state index contributed by atoms with van der Waals surface area (Å²) in [5, 5.41) is 2.73.